The molecule has 0 spiro atoms. The van der Waals surface area contributed by atoms with E-state index in [9.17, 15) is 9.46 Å². The van der Waals surface area contributed by atoms with Gasteiger partial charge in [-0.1, -0.05) is 18.2 Å². The van der Waals surface area contributed by atoms with Crippen LogP contribution >= 0.6 is 8.25 Å². The molecule has 1 unspecified atom stereocenters. The predicted molar refractivity (Wildman–Crippen MR) is 78.5 cm³/mol. The fourth-order valence-electron chi connectivity index (χ4n) is 1.93. The Balaban J connectivity index is 0.000000344. The van der Waals surface area contributed by atoms with E-state index in [0.717, 1.165) is 0 Å². The molecular weight excluding hydrogens is 261 g/mol. The van der Waals surface area contributed by atoms with E-state index in [1.54, 1.807) is 30.3 Å². The smallest absolute Gasteiger partial charge is 0.172 e. The minimum Gasteiger partial charge on any atom is -0.771 e. The SMILES string of the molecule is CC[N+](CC)(CC)CC.O=[PH]([O-])Oc1ccccc1. The van der Waals surface area contributed by atoms with Crippen molar-refractivity contribution in [2.45, 2.75) is 27.7 Å². The van der Waals surface area contributed by atoms with Crippen molar-refractivity contribution in [1.82, 2.24) is 0 Å². The number of hydrogen-bond donors (Lipinski definition) is 0. The normalized spacial score (nSPS) is 12.3. The largest absolute Gasteiger partial charge is 0.771 e. The third-order valence-electron chi connectivity index (χ3n) is 3.63. The Morgan fingerprint density at radius 3 is 1.68 bits per heavy atom. The summed E-state index contributed by atoms with van der Waals surface area (Å²) in [4.78, 5) is 10.0. The second kappa shape index (κ2) is 10.0. The first-order chi connectivity index (χ1) is 9.03. The lowest BCUT2D eigenvalue weighted by molar-refractivity contribution is -0.921. The quantitative estimate of drug-likeness (QED) is 0.597. The molecule has 0 aliphatic heterocycles. The highest BCUT2D eigenvalue weighted by Gasteiger charge is 2.16. The monoisotopic (exact) mass is 287 g/mol. The fourth-order valence-corrected chi connectivity index (χ4v) is 2.25. The molecular formula is C14H26NO3P. The molecule has 19 heavy (non-hydrogen) atoms. The highest BCUT2D eigenvalue weighted by atomic mass is 31.1. The van der Waals surface area contributed by atoms with Crippen molar-refractivity contribution in [3.8, 4) is 5.75 Å². The van der Waals surface area contributed by atoms with E-state index in [1.165, 1.54) is 30.7 Å². The Hall–Kier alpha value is -0.830. The number of hydrogen-bond acceptors (Lipinski definition) is 3. The van der Waals surface area contributed by atoms with Gasteiger partial charge >= 0.3 is 0 Å². The van der Waals surface area contributed by atoms with Crippen LogP contribution in [0.15, 0.2) is 30.3 Å². The molecule has 5 heteroatoms. The summed E-state index contributed by atoms with van der Waals surface area (Å²) >= 11 is 0. The van der Waals surface area contributed by atoms with Crippen molar-refractivity contribution >= 4 is 8.25 Å². The van der Waals surface area contributed by atoms with Gasteiger partial charge in [-0.05, 0) is 39.8 Å². The zero-order chi connectivity index (χ0) is 14.7. The van der Waals surface area contributed by atoms with E-state index in [1.807, 2.05) is 0 Å². The van der Waals surface area contributed by atoms with Crippen LogP contribution in [0.2, 0.25) is 0 Å². The number of rotatable bonds is 6. The first-order valence-corrected chi connectivity index (χ1v) is 8.05. The zero-order valence-corrected chi connectivity index (χ0v) is 13.4. The van der Waals surface area contributed by atoms with Crippen LogP contribution in [0.25, 0.3) is 0 Å². The van der Waals surface area contributed by atoms with Crippen LogP contribution in [0.4, 0.5) is 0 Å². The average Bonchev–Trinajstić information content (AvgIpc) is 2.43. The van der Waals surface area contributed by atoms with Gasteiger partial charge in [-0.3, -0.25) is 4.57 Å². The van der Waals surface area contributed by atoms with Gasteiger partial charge in [-0.2, -0.15) is 0 Å². The molecule has 4 nitrogen and oxygen atoms in total. The molecule has 0 bridgehead atoms. The maximum Gasteiger partial charge on any atom is 0.172 e. The van der Waals surface area contributed by atoms with E-state index >= 15 is 0 Å². The van der Waals surface area contributed by atoms with Crippen molar-refractivity contribution in [3.05, 3.63) is 30.3 Å². The van der Waals surface area contributed by atoms with Crippen LogP contribution in [0.5, 0.6) is 5.75 Å². The Morgan fingerprint density at radius 1 is 1.00 bits per heavy atom. The summed E-state index contributed by atoms with van der Waals surface area (Å²) in [5.41, 5.74) is 0. The summed E-state index contributed by atoms with van der Waals surface area (Å²) in [6, 6.07) is 8.37. The topological polar surface area (TPSA) is 49.4 Å². The molecule has 0 N–H and O–H groups in total. The number of quaternary nitrogens is 1. The Kier molecular flexibility index (Phi) is 9.58. The van der Waals surface area contributed by atoms with Crippen molar-refractivity contribution in [1.29, 1.82) is 0 Å². The van der Waals surface area contributed by atoms with Gasteiger partial charge in [-0.15, -0.1) is 0 Å². The number of para-hydroxylation sites is 1. The summed E-state index contributed by atoms with van der Waals surface area (Å²) in [7, 11) is -3.09. The molecule has 0 aliphatic rings. The number of benzene rings is 1. The minimum absolute atomic E-state index is 0.362. The predicted octanol–water partition coefficient (Wildman–Crippen LogP) is 2.70. The second-order valence-electron chi connectivity index (χ2n) is 4.27. The molecule has 0 radical (unpaired) electrons. The van der Waals surface area contributed by atoms with Crippen LogP contribution in [-0.2, 0) is 4.57 Å². The average molecular weight is 287 g/mol. The zero-order valence-electron chi connectivity index (χ0n) is 12.4. The van der Waals surface area contributed by atoms with Gasteiger partial charge in [-0.25, -0.2) is 0 Å². The van der Waals surface area contributed by atoms with Gasteiger partial charge in [0.1, 0.15) is 5.75 Å². The first-order valence-electron chi connectivity index (χ1n) is 6.82. The molecule has 1 rings (SSSR count). The molecule has 0 aromatic heterocycles. The molecule has 1 aromatic rings. The third-order valence-corrected chi connectivity index (χ3v) is 4.03. The molecule has 1 atom stereocenters. The van der Waals surface area contributed by atoms with Gasteiger partial charge in [0.25, 0.3) is 0 Å². The van der Waals surface area contributed by atoms with Crippen molar-refractivity contribution < 1.29 is 18.5 Å². The Labute approximate surface area is 117 Å². The van der Waals surface area contributed by atoms with Gasteiger partial charge in [0, 0.05) is 0 Å². The lowest BCUT2D eigenvalue weighted by atomic mass is 10.3. The van der Waals surface area contributed by atoms with E-state index in [-0.39, 0.29) is 0 Å². The molecule has 0 saturated carbocycles. The first kappa shape index (κ1) is 18.2. The molecule has 1 aromatic carbocycles. The molecule has 0 aliphatic carbocycles. The fraction of sp³-hybridized carbons (Fsp3) is 0.571. The maximum absolute atomic E-state index is 10.0. The van der Waals surface area contributed by atoms with E-state index in [4.69, 9.17) is 0 Å². The maximum atomic E-state index is 10.0. The van der Waals surface area contributed by atoms with Crippen molar-refractivity contribution in [3.63, 3.8) is 0 Å². The molecule has 110 valence electrons. The van der Waals surface area contributed by atoms with Crippen LogP contribution < -0.4 is 9.42 Å². The lowest BCUT2D eigenvalue weighted by Crippen LogP contribution is -2.47. The van der Waals surface area contributed by atoms with Crippen LogP contribution in [-0.4, -0.2) is 30.7 Å². The summed E-state index contributed by atoms with van der Waals surface area (Å²) in [6.45, 7) is 14.2. The Bertz CT molecular complexity index is 335. The highest BCUT2D eigenvalue weighted by molar-refractivity contribution is 7.31. The lowest BCUT2D eigenvalue weighted by Gasteiger charge is -2.34. The second-order valence-corrected chi connectivity index (χ2v) is 4.98. The van der Waals surface area contributed by atoms with E-state index in [2.05, 4.69) is 32.2 Å². The molecule has 0 amide bonds. The van der Waals surface area contributed by atoms with Crippen LogP contribution in [0, 0.1) is 0 Å². The Morgan fingerprint density at radius 2 is 1.42 bits per heavy atom. The van der Waals surface area contributed by atoms with Crippen LogP contribution in [0.3, 0.4) is 0 Å². The summed E-state index contributed by atoms with van der Waals surface area (Å²) in [5.74, 6) is 0.362. The van der Waals surface area contributed by atoms with Crippen molar-refractivity contribution in [2.24, 2.45) is 0 Å². The standard InChI is InChI=1S/C8H20N.C6H7O3P/c1-5-9(6-2,7-3)8-4;7-10(8)9-6-4-2-1-3-5-6/h5-8H2,1-4H3;1-5,10H,(H,7,8)/q+1;/p-1. The van der Waals surface area contributed by atoms with E-state index in [0.29, 0.717) is 5.75 Å². The van der Waals surface area contributed by atoms with Crippen LogP contribution in [0.1, 0.15) is 27.7 Å². The van der Waals surface area contributed by atoms with Gasteiger partial charge in [0.15, 0.2) is 8.25 Å². The summed E-state index contributed by atoms with van der Waals surface area (Å²) < 4.78 is 15.7. The van der Waals surface area contributed by atoms with Gasteiger partial charge in [0.05, 0.1) is 26.2 Å². The highest BCUT2D eigenvalue weighted by Crippen LogP contribution is 2.18. The van der Waals surface area contributed by atoms with E-state index < -0.39 is 8.25 Å². The third kappa shape index (κ3) is 7.36. The molecule has 0 fully saturated rings. The molecule has 0 heterocycles. The van der Waals surface area contributed by atoms with Gasteiger partial charge < -0.3 is 13.9 Å². The van der Waals surface area contributed by atoms with Gasteiger partial charge in [0.2, 0.25) is 0 Å². The number of nitrogens with zero attached hydrogens (tertiary/aromatic N) is 1. The van der Waals surface area contributed by atoms with Crippen molar-refractivity contribution in [2.75, 3.05) is 26.2 Å². The minimum atomic E-state index is -3.09. The summed E-state index contributed by atoms with van der Waals surface area (Å²) in [6.07, 6.45) is 0. The summed E-state index contributed by atoms with van der Waals surface area (Å²) in [5, 5.41) is 0. The molecule has 0 saturated heterocycles.